The molecule has 1 N–H and O–H groups in total. The molecular formula is C29H25N3O4S. The number of nitriles is 1. The predicted molar refractivity (Wildman–Crippen MR) is 146 cm³/mol. The van der Waals surface area contributed by atoms with Gasteiger partial charge >= 0.3 is 0 Å². The van der Waals surface area contributed by atoms with Crippen molar-refractivity contribution in [3.8, 4) is 23.3 Å². The summed E-state index contributed by atoms with van der Waals surface area (Å²) in [4.78, 5) is 26.7. The Hall–Kier alpha value is -4.61. The lowest BCUT2D eigenvalue weighted by Crippen LogP contribution is -2.32. The Kier molecular flexibility index (Phi) is 8.18. The second-order valence-electron chi connectivity index (χ2n) is 7.79. The molecule has 0 aliphatic heterocycles. The van der Waals surface area contributed by atoms with Crippen molar-refractivity contribution in [3.05, 3.63) is 104 Å². The molecule has 0 unspecified atom stereocenters. The molecule has 0 spiro atoms. The number of hydrogen-bond acceptors (Lipinski definition) is 6. The molecule has 0 saturated carbocycles. The summed E-state index contributed by atoms with van der Waals surface area (Å²) in [7, 11) is 0. The number of anilines is 1. The summed E-state index contributed by atoms with van der Waals surface area (Å²) in [6.45, 7) is 4.89. The van der Waals surface area contributed by atoms with Crippen molar-refractivity contribution in [2.45, 2.75) is 13.8 Å². The van der Waals surface area contributed by atoms with E-state index in [-0.39, 0.29) is 15.8 Å². The van der Waals surface area contributed by atoms with Crippen LogP contribution in [0.25, 0.3) is 17.3 Å². The molecule has 1 amide bonds. The van der Waals surface area contributed by atoms with Crippen LogP contribution in [0, 0.1) is 11.3 Å². The van der Waals surface area contributed by atoms with Crippen LogP contribution in [0.3, 0.4) is 0 Å². The van der Waals surface area contributed by atoms with Crippen molar-refractivity contribution < 1.29 is 14.3 Å². The van der Waals surface area contributed by atoms with Gasteiger partial charge in [0.25, 0.3) is 11.5 Å². The van der Waals surface area contributed by atoms with E-state index < -0.39 is 5.91 Å². The number of ether oxygens (including phenoxy) is 2. The number of amides is 1. The molecular weight excluding hydrogens is 486 g/mol. The Bertz CT molecular complexity index is 1600. The number of carbonyl (C=O) groups excluding carboxylic acids is 1. The van der Waals surface area contributed by atoms with E-state index in [1.54, 1.807) is 54.6 Å². The molecule has 0 aliphatic rings. The standard InChI is InChI=1S/C29H25N3O4S/c1-3-35-23-14-10-20(11-15-23)18-26-28(34)32(22-8-6-5-7-9-22)29(37-26)25(19-30)27(33)31-21-12-16-24(17-13-21)36-4-2/h5-18H,3-4H2,1-2H3,(H,31,33)/b26-18-,29-25-. The highest BCUT2D eigenvalue weighted by Crippen LogP contribution is 2.16. The molecule has 4 rings (SSSR count). The fourth-order valence-corrected chi connectivity index (χ4v) is 4.73. The molecule has 0 atom stereocenters. The lowest BCUT2D eigenvalue weighted by Gasteiger charge is -2.07. The molecule has 37 heavy (non-hydrogen) atoms. The molecule has 0 fully saturated rings. The van der Waals surface area contributed by atoms with Crippen molar-refractivity contribution in [2.75, 3.05) is 18.5 Å². The molecule has 3 aromatic carbocycles. The van der Waals surface area contributed by atoms with Crippen molar-refractivity contribution in [3.63, 3.8) is 0 Å². The molecule has 1 heterocycles. The summed E-state index contributed by atoms with van der Waals surface area (Å²) in [6, 6.07) is 25.2. The van der Waals surface area contributed by atoms with Crippen molar-refractivity contribution in [1.82, 2.24) is 4.57 Å². The number of para-hydroxylation sites is 1. The average molecular weight is 512 g/mol. The lowest BCUT2D eigenvalue weighted by atomic mass is 10.2. The lowest BCUT2D eigenvalue weighted by molar-refractivity contribution is -0.111. The van der Waals surface area contributed by atoms with E-state index in [4.69, 9.17) is 9.47 Å². The predicted octanol–water partition coefficient (Wildman–Crippen LogP) is 3.84. The minimum Gasteiger partial charge on any atom is -0.494 e. The van der Waals surface area contributed by atoms with Crippen molar-refractivity contribution in [1.29, 1.82) is 5.26 Å². The zero-order chi connectivity index (χ0) is 26.2. The molecule has 4 aromatic rings. The van der Waals surface area contributed by atoms with Gasteiger partial charge in [0, 0.05) is 5.69 Å². The number of hydrogen-bond donors (Lipinski definition) is 1. The first-order valence-corrected chi connectivity index (χ1v) is 12.6. The first kappa shape index (κ1) is 25.5. The van der Waals surface area contributed by atoms with Gasteiger partial charge in [0.15, 0.2) is 5.57 Å². The van der Waals surface area contributed by atoms with Gasteiger partial charge < -0.3 is 14.8 Å². The van der Waals surface area contributed by atoms with Gasteiger partial charge in [-0.3, -0.25) is 14.2 Å². The van der Waals surface area contributed by atoms with E-state index in [1.807, 2.05) is 50.2 Å². The van der Waals surface area contributed by atoms with Gasteiger partial charge in [0.05, 0.1) is 23.4 Å². The second kappa shape index (κ2) is 11.9. The number of benzene rings is 3. The maximum Gasteiger partial charge on any atom is 0.273 e. The van der Waals surface area contributed by atoms with Gasteiger partial charge in [-0.2, -0.15) is 5.26 Å². The third kappa shape index (κ3) is 5.97. The highest BCUT2D eigenvalue weighted by Gasteiger charge is 2.17. The van der Waals surface area contributed by atoms with E-state index in [1.165, 1.54) is 4.57 Å². The quantitative estimate of drug-likeness (QED) is 0.388. The van der Waals surface area contributed by atoms with Crippen LogP contribution in [0.1, 0.15) is 19.4 Å². The molecule has 8 heteroatoms. The van der Waals surface area contributed by atoms with Crippen LogP contribution in [0.4, 0.5) is 5.69 Å². The summed E-state index contributed by atoms with van der Waals surface area (Å²) in [5, 5.41) is 12.7. The maximum atomic E-state index is 13.5. The molecule has 0 saturated heterocycles. The number of carbonyl (C=O) groups is 1. The zero-order valence-electron chi connectivity index (χ0n) is 20.4. The summed E-state index contributed by atoms with van der Waals surface area (Å²) in [5.74, 6) is 0.806. The minimum atomic E-state index is -0.606. The first-order valence-electron chi connectivity index (χ1n) is 11.7. The van der Waals surface area contributed by atoms with Gasteiger partial charge in [0.1, 0.15) is 22.2 Å². The number of thiazole rings is 1. The molecule has 186 valence electrons. The Labute approximate surface area is 218 Å². The minimum absolute atomic E-state index is 0.161. The fourth-order valence-electron chi connectivity index (χ4n) is 3.63. The van der Waals surface area contributed by atoms with Crippen LogP contribution < -0.4 is 29.5 Å². The average Bonchev–Trinajstić information content (AvgIpc) is 3.22. The normalized spacial score (nSPS) is 12.0. The molecule has 0 aliphatic carbocycles. The Morgan fingerprint density at radius 3 is 2.11 bits per heavy atom. The summed E-state index contributed by atoms with van der Waals surface area (Å²) in [6.07, 6.45) is 1.74. The number of rotatable bonds is 8. The van der Waals surface area contributed by atoms with E-state index in [0.717, 1.165) is 22.6 Å². The zero-order valence-corrected chi connectivity index (χ0v) is 21.2. The van der Waals surface area contributed by atoms with Crippen molar-refractivity contribution >= 4 is 34.6 Å². The van der Waals surface area contributed by atoms with Gasteiger partial charge in [-0.1, -0.05) is 30.3 Å². The fraction of sp³-hybridized carbons (Fsp3) is 0.138. The Morgan fingerprint density at radius 1 is 0.946 bits per heavy atom. The SMILES string of the molecule is CCOc1ccc(/C=c2\s/c(=C(/C#N)C(=O)Nc3ccc(OCC)cc3)n(-c3ccccc3)c2=O)cc1. The van der Waals surface area contributed by atoms with E-state index in [0.29, 0.717) is 34.9 Å². The molecule has 0 radical (unpaired) electrons. The Morgan fingerprint density at radius 2 is 1.54 bits per heavy atom. The van der Waals surface area contributed by atoms with Crippen LogP contribution in [-0.2, 0) is 4.79 Å². The van der Waals surface area contributed by atoms with Crippen LogP contribution in [0.2, 0.25) is 0 Å². The topological polar surface area (TPSA) is 93.3 Å². The second-order valence-corrected chi connectivity index (χ2v) is 8.82. The third-order valence-corrected chi connectivity index (χ3v) is 6.40. The summed E-state index contributed by atoms with van der Waals surface area (Å²) < 4.78 is 13.0. The van der Waals surface area contributed by atoms with Crippen LogP contribution in [0.5, 0.6) is 11.5 Å². The molecule has 0 bridgehead atoms. The molecule has 1 aromatic heterocycles. The van der Waals surface area contributed by atoms with Crippen LogP contribution in [-0.4, -0.2) is 23.7 Å². The van der Waals surface area contributed by atoms with Gasteiger partial charge in [-0.25, -0.2) is 0 Å². The Balaban J connectivity index is 1.83. The number of nitrogens with zero attached hydrogens (tertiary/aromatic N) is 2. The van der Waals surface area contributed by atoms with E-state index in [2.05, 4.69) is 5.32 Å². The molecule has 7 nitrogen and oxygen atoms in total. The van der Waals surface area contributed by atoms with E-state index >= 15 is 0 Å². The summed E-state index contributed by atoms with van der Waals surface area (Å²) >= 11 is 1.09. The number of aromatic nitrogens is 1. The van der Waals surface area contributed by atoms with Gasteiger partial charge in [-0.15, -0.1) is 11.3 Å². The first-order chi connectivity index (χ1) is 18.0. The van der Waals surface area contributed by atoms with Gasteiger partial charge in [-0.05, 0) is 74.0 Å². The van der Waals surface area contributed by atoms with Crippen LogP contribution in [0.15, 0.2) is 83.7 Å². The van der Waals surface area contributed by atoms with E-state index in [9.17, 15) is 14.9 Å². The third-order valence-electron chi connectivity index (χ3n) is 5.30. The highest BCUT2D eigenvalue weighted by atomic mass is 32.1. The maximum absolute atomic E-state index is 13.5. The van der Waals surface area contributed by atoms with Crippen molar-refractivity contribution in [2.24, 2.45) is 0 Å². The monoisotopic (exact) mass is 511 g/mol. The van der Waals surface area contributed by atoms with Crippen LogP contribution >= 0.6 is 11.3 Å². The van der Waals surface area contributed by atoms with Gasteiger partial charge in [0.2, 0.25) is 0 Å². The largest absolute Gasteiger partial charge is 0.494 e. The summed E-state index contributed by atoms with van der Waals surface area (Å²) in [5.41, 5.74) is 1.39. The highest BCUT2D eigenvalue weighted by molar-refractivity contribution is 7.07. The number of nitrogens with one attached hydrogen (secondary N) is 1. The smallest absolute Gasteiger partial charge is 0.273 e.